The summed E-state index contributed by atoms with van der Waals surface area (Å²) in [5.74, 6) is 0.103. The minimum atomic E-state index is 0.0286. The number of carbonyl (C=O) groups excluding carboxylic acids is 2. The van der Waals surface area contributed by atoms with E-state index < -0.39 is 0 Å². The Labute approximate surface area is 113 Å². The molecule has 0 radical (unpaired) electrons. The standard InChI is InChI=1S/C15H20N2O2/c1-3-4-15(19)16-12-5-7-13(8-6-12)17(11(2)18)14-9-10-14/h5-8,14H,3-4,9-10H2,1-2H3,(H,16,19). The van der Waals surface area contributed by atoms with E-state index in [0.29, 0.717) is 12.5 Å². The van der Waals surface area contributed by atoms with E-state index in [0.717, 1.165) is 30.6 Å². The number of nitrogens with one attached hydrogen (secondary N) is 1. The fourth-order valence-electron chi connectivity index (χ4n) is 2.14. The number of carbonyl (C=O) groups is 2. The first-order chi connectivity index (χ1) is 9.11. The van der Waals surface area contributed by atoms with E-state index in [1.54, 1.807) is 6.92 Å². The average Bonchev–Trinajstić information content (AvgIpc) is 3.16. The van der Waals surface area contributed by atoms with Crippen LogP contribution in [-0.2, 0) is 9.59 Å². The molecule has 1 aromatic carbocycles. The van der Waals surface area contributed by atoms with Crippen LogP contribution in [0.5, 0.6) is 0 Å². The molecule has 0 saturated heterocycles. The third-order valence-corrected chi connectivity index (χ3v) is 3.16. The van der Waals surface area contributed by atoms with E-state index in [4.69, 9.17) is 0 Å². The molecule has 0 spiro atoms. The Morgan fingerprint density at radius 3 is 2.37 bits per heavy atom. The molecule has 19 heavy (non-hydrogen) atoms. The van der Waals surface area contributed by atoms with Crippen LogP contribution in [0.25, 0.3) is 0 Å². The van der Waals surface area contributed by atoms with Crippen LogP contribution in [0.1, 0.15) is 39.5 Å². The van der Waals surface area contributed by atoms with Gasteiger partial charge in [-0.05, 0) is 43.5 Å². The lowest BCUT2D eigenvalue weighted by Crippen LogP contribution is -2.30. The first-order valence-corrected chi connectivity index (χ1v) is 6.81. The molecule has 0 aliphatic heterocycles. The summed E-state index contributed by atoms with van der Waals surface area (Å²) in [6.45, 7) is 3.57. The molecule has 4 heteroatoms. The van der Waals surface area contributed by atoms with Gasteiger partial charge in [0, 0.05) is 30.8 Å². The maximum atomic E-state index is 11.6. The second-order valence-electron chi connectivity index (χ2n) is 4.97. The second kappa shape index (κ2) is 5.87. The van der Waals surface area contributed by atoms with Crippen LogP contribution in [0.2, 0.25) is 0 Å². The number of nitrogens with zero attached hydrogens (tertiary/aromatic N) is 1. The monoisotopic (exact) mass is 260 g/mol. The van der Waals surface area contributed by atoms with Crippen molar-refractivity contribution in [3.8, 4) is 0 Å². The highest BCUT2D eigenvalue weighted by molar-refractivity contribution is 5.94. The van der Waals surface area contributed by atoms with Crippen molar-refractivity contribution in [2.24, 2.45) is 0 Å². The first-order valence-electron chi connectivity index (χ1n) is 6.81. The molecule has 1 aliphatic rings. The van der Waals surface area contributed by atoms with E-state index in [9.17, 15) is 9.59 Å². The van der Waals surface area contributed by atoms with Gasteiger partial charge in [-0.3, -0.25) is 9.59 Å². The van der Waals surface area contributed by atoms with Crippen LogP contribution < -0.4 is 10.2 Å². The summed E-state index contributed by atoms with van der Waals surface area (Å²) >= 11 is 0. The Morgan fingerprint density at radius 2 is 1.89 bits per heavy atom. The van der Waals surface area contributed by atoms with E-state index in [1.807, 2.05) is 36.1 Å². The molecule has 0 atom stereocenters. The van der Waals surface area contributed by atoms with Crippen LogP contribution in [0.3, 0.4) is 0 Å². The van der Waals surface area contributed by atoms with Crippen molar-refractivity contribution in [2.75, 3.05) is 10.2 Å². The topological polar surface area (TPSA) is 49.4 Å². The smallest absolute Gasteiger partial charge is 0.224 e. The molecule has 2 rings (SSSR count). The van der Waals surface area contributed by atoms with Crippen molar-refractivity contribution < 1.29 is 9.59 Å². The zero-order chi connectivity index (χ0) is 13.8. The normalized spacial score (nSPS) is 14.0. The molecule has 1 fully saturated rings. The number of rotatable bonds is 5. The van der Waals surface area contributed by atoms with Gasteiger partial charge >= 0.3 is 0 Å². The molecule has 1 N–H and O–H groups in total. The van der Waals surface area contributed by atoms with Crippen LogP contribution in [0.4, 0.5) is 11.4 Å². The number of amides is 2. The number of anilines is 2. The van der Waals surface area contributed by atoms with Crippen molar-refractivity contribution in [1.82, 2.24) is 0 Å². The Balaban J connectivity index is 2.05. The van der Waals surface area contributed by atoms with Gasteiger partial charge in [-0.1, -0.05) is 6.92 Å². The van der Waals surface area contributed by atoms with Crippen molar-refractivity contribution in [3.05, 3.63) is 24.3 Å². The van der Waals surface area contributed by atoms with Crippen LogP contribution in [-0.4, -0.2) is 17.9 Å². The zero-order valence-electron chi connectivity index (χ0n) is 11.5. The van der Waals surface area contributed by atoms with Gasteiger partial charge in [-0.25, -0.2) is 0 Å². The summed E-state index contributed by atoms with van der Waals surface area (Å²) in [6, 6.07) is 7.84. The molecule has 1 saturated carbocycles. The fraction of sp³-hybridized carbons (Fsp3) is 0.467. The van der Waals surface area contributed by atoms with Gasteiger partial charge in [0.15, 0.2) is 0 Å². The highest BCUT2D eigenvalue weighted by Gasteiger charge is 2.31. The summed E-state index contributed by atoms with van der Waals surface area (Å²) in [6.07, 6.45) is 3.52. The third-order valence-electron chi connectivity index (χ3n) is 3.16. The lowest BCUT2D eigenvalue weighted by molar-refractivity contribution is -0.117. The molecule has 0 unspecified atom stereocenters. The molecular formula is C15H20N2O2. The maximum Gasteiger partial charge on any atom is 0.224 e. The van der Waals surface area contributed by atoms with Crippen molar-refractivity contribution in [2.45, 2.75) is 45.6 Å². The molecular weight excluding hydrogens is 240 g/mol. The Hall–Kier alpha value is -1.84. The van der Waals surface area contributed by atoms with E-state index >= 15 is 0 Å². The van der Waals surface area contributed by atoms with Gasteiger partial charge in [0.05, 0.1) is 0 Å². The van der Waals surface area contributed by atoms with Crippen molar-refractivity contribution >= 4 is 23.2 Å². The third kappa shape index (κ3) is 3.56. The Morgan fingerprint density at radius 1 is 1.26 bits per heavy atom. The quantitative estimate of drug-likeness (QED) is 0.885. The molecule has 0 aromatic heterocycles. The zero-order valence-corrected chi connectivity index (χ0v) is 11.5. The van der Waals surface area contributed by atoms with Crippen LogP contribution >= 0.6 is 0 Å². The lowest BCUT2D eigenvalue weighted by Gasteiger charge is -2.21. The predicted molar refractivity (Wildman–Crippen MR) is 76.2 cm³/mol. The summed E-state index contributed by atoms with van der Waals surface area (Å²) in [5, 5.41) is 2.84. The van der Waals surface area contributed by atoms with Crippen molar-refractivity contribution in [3.63, 3.8) is 0 Å². The van der Waals surface area contributed by atoms with E-state index in [-0.39, 0.29) is 11.8 Å². The SMILES string of the molecule is CCCC(=O)Nc1ccc(N(C(C)=O)C2CC2)cc1. The maximum absolute atomic E-state index is 11.6. The predicted octanol–water partition coefficient (Wildman–Crippen LogP) is 2.94. The van der Waals surface area contributed by atoms with Gasteiger partial charge in [-0.15, -0.1) is 0 Å². The second-order valence-corrected chi connectivity index (χ2v) is 4.97. The van der Waals surface area contributed by atoms with Gasteiger partial charge in [0.1, 0.15) is 0 Å². The van der Waals surface area contributed by atoms with Gasteiger partial charge < -0.3 is 10.2 Å². The average molecular weight is 260 g/mol. The largest absolute Gasteiger partial charge is 0.326 e. The van der Waals surface area contributed by atoms with Gasteiger partial charge in [0.25, 0.3) is 0 Å². The minimum absolute atomic E-state index is 0.0286. The molecule has 1 aromatic rings. The van der Waals surface area contributed by atoms with E-state index in [1.165, 1.54) is 0 Å². The summed E-state index contributed by atoms with van der Waals surface area (Å²) in [7, 11) is 0. The number of benzene rings is 1. The number of hydrogen-bond donors (Lipinski definition) is 1. The molecule has 102 valence electrons. The highest BCUT2D eigenvalue weighted by atomic mass is 16.2. The molecule has 0 bridgehead atoms. The van der Waals surface area contributed by atoms with Gasteiger partial charge in [0.2, 0.25) is 11.8 Å². The summed E-state index contributed by atoms with van der Waals surface area (Å²) in [5.41, 5.74) is 1.69. The fourth-order valence-corrected chi connectivity index (χ4v) is 2.14. The van der Waals surface area contributed by atoms with Crippen molar-refractivity contribution in [1.29, 1.82) is 0 Å². The Kier molecular flexibility index (Phi) is 4.20. The number of hydrogen-bond acceptors (Lipinski definition) is 2. The summed E-state index contributed by atoms with van der Waals surface area (Å²) in [4.78, 5) is 24.9. The van der Waals surface area contributed by atoms with Crippen LogP contribution in [0, 0.1) is 0 Å². The summed E-state index contributed by atoms with van der Waals surface area (Å²) < 4.78 is 0. The Bertz CT molecular complexity index is 464. The highest BCUT2D eigenvalue weighted by Crippen LogP contribution is 2.32. The first kappa shape index (κ1) is 13.6. The van der Waals surface area contributed by atoms with Gasteiger partial charge in [-0.2, -0.15) is 0 Å². The molecule has 1 aliphatic carbocycles. The van der Waals surface area contributed by atoms with Crippen LogP contribution in [0.15, 0.2) is 24.3 Å². The molecule has 4 nitrogen and oxygen atoms in total. The minimum Gasteiger partial charge on any atom is -0.326 e. The molecule has 2 amide bonds. The van der Waals surface area contributed by atoms with E-state index in [2.05, 4.69) is 5.32 Å². The lowest BCUT2D eigenvalue weighted by atomic mass is 10.2. The molecule has 0 heterocycles.